The highest BCUT2D eigenvalue weighted by molar-refractivity contribution is 6.31. The van der Waals surface area contributed by atoms with Gasteiger partial charge in [0.15, 0.2) is 0 Å². The van der Waals surface area contributed by atoms with E-state index in [0.29, 0.717) is 11.6 Å². The standard InChI is InChI=1S/C18H14ClFN2O/c19-12-4-5-16-15(9-12)14-6-7-22(10-23)18(17(14)21-16)11-2-1-3-13(20)8-11/h1-5,8-10,18,21H,6-7H2. The maximum Gasteiger partial charge on any atom is 0.210 e. The molecule has 23 heavy (non-hydrogen) atoms. The number of aromatic amines is 1. The number of hydrogen-bond acceptors (Lipinski definition) is 1. The Hall–Kier alpha value is -2.33. The second-order valence-electron chi connectivity index (χ2n) is 5.76. The number of fused-ring (bicyclic) bond motifs is 3. The van der Waals surface area contributed by atoms with E-state index in [4.69, 9.17) is 11.6 Å². The average molecular weight is 329 g/mol. The third-order valence-corrected chi connectivity index (χ3v) is 4.66. The summed E-state index contributed by atoms with van der Waals surface area (Å²) < 4.78 is 13.7. The number of halogens is 2. The van der Waals surface area contributed by atoms with Gasteiger partial charge >= 0.3 is 0 Å². The Kier molecular flexibility index (Phi) is 3.34. The second-order valence-corrected chi connectivity index (χ2v) is 6.19. The van der Waals surface area contributed by atoms with Gasteiger partial charge in [-0.2, -0.15) is 0 Å². The fourth-order valence-electron chi connectivity index (χ4n) is 3.43. The molecule has 116 valence electrons. The minimum atomic E-state index is -0.307. The molecule has 2 aromatic carbocycles. The van der Waals surface area contributed by atoms with Gasteiger partial charge in [0.1, 0.15) is 5.82 Å². The first kappa shape index (κ1) is 14.3. The molecular formula is C18H14ClFN2O. The Labute approximate surface area is 137 Å². The first-order valence-electron chi connectivity index (χ1n) is 7.44. The number of aromatic nitrogens is 1. The van der Waals surface area contributed by atoms with Gasteiger partial charge in [-0.1, -0.05) is 23.7 Å². The zero-order chi connectivity index (χ0) is 16.0. The summed E-state index contributed by atoms with van der Waals surface area (Å²) in [6.45, 7) is 0.594. The first-order chi connectivity index (χ1) is 11.2. The lowest BCUT2D eigenvalue weighted by Gasteiger charge is -2.33. The second kappa shape index (κ2) is 5.39. The topological polar surface area (TPSA) is 36.1 Å². The smallest absolute Gasteiger partial charge is 0.210 e. The number of H-pyrrole nitrogens is 1. The molecule has 0 saturated carbocycles. The van der Waals surface area contributed by atoms with E-state index in [1.807, 2.05) is 24.3 Å². The molecule has 3 aromatic rings. The molecule has 1 atom stereocenters. The van der Waals surface area contributed by atoms with E-state index in [2.05, 4.69) is 4.98 Å². The SMILES string of the molecule is O=CN1CCc2c([nH]c3ccc(Cl)cc23)C1c1cccc(F)c1. The third-order valence-electron chi connectivity index (χ3n) is 4.43. The first-order valence-corrected chi connectivity index (χ1v) is 7.81. The monoisotopic (exact) mass is 328 g/mol. The molecule has 0 spiro atoms. The Morgan fingerprint density at radius 1 is 1.26 bits per heavy atom. The molecule has 0 bridgehead atoms. The lowest BCUT2D eigenvalue weighted by atomic mass is 9.93. The van der Waals surface area contributed by atoms with Crippen molar-refractivity contribution >= 4 is 28.9 Å². The number of carbonyl (C=O) groups excluding carboxylic acids is 1. The van der Waals surface area contributed by atoms with Crippen LogP contribution in [0.5, 0.6) is 0 Å². The lowest BCUT2D eigenvalue weighted by Crippen LogP contribution is -2.35. The van der Waals surface area contributed by atoms with Crippen molar-refractivity contribution in [3.8, 4) is 0 Å². The minimum absolute atomic E-state index is 0.306. The number of nitrogens with one attached hydrogen (secondary N) is 1. The molecule has 3 nitrogen and oxygen atoms in total. The van der Waals surface area contributed by atoms with Crippen molar-refractivity contribution in [2.24, 2.45) is 0 Å². The zero-order valence-corrected chi connectivity index (χ0v) is 13.0. The number of rotatable bonds is 2. The van der Waals surface area contributed by atoms with Crippen molar-refractivity contribution in [3.63, 3.8) is 0 Å². The summed E-state index contributed by atoms with van der Waals surface area (Å²) in [5.74, 6) is -0.306. The number of amides is 1. The Bertz CT molecular complexity index is 905. The molecule has 0 saturated heterocycles. The highest BCUT2D eigenvalue weighted by atomic mass is 35.5. The van der Waals surface area contributed by atoms with Crippen LogP contribution in [0, 0.1) is 5.82 Å². The van der Waals surface area contributed by atoms with Gasteiger partial charge in [0.2, 0.25) is 6.41 Å². The summed E-state index contributed by atoms with van der Waals surface area (Å²) in [4.78, 5) is 16.6. The molecule has 2 heterocycles. The maximum absolute atomic E-state index is 13.7. The van der Waals surface area contributed by atoms with Crippen LogP contribution in [0.1, 0.15) is 22.9 Å². The molecule has 0 fully saturated rings. The predicted molar refractivity (Wildman–Crippen MR) is 88.0 cm³/mol. The van der Waals surface area contributed by atoms with Gasteiger partial charge in [0, 0.05) is 28.2 Å². The van der Waals surface area contributed by atoms with Crippen molar-refractivity contribution < 1.29 is 9.18 Å². The van der Waals surface area contributed by atoms with Crippen molar-refractivity contribution in [1.29, 1.82) is 0 Å². The molecule has 5 heteroatoms. The molecule has 1 aliphatic heterocycles. The molecule has 1 N–H and O–H groups in total. The van der Waals surface area contributed by atoms with E-state index in [9.17, 15) is 9.18 Å². The summed E-state index contributed by atoms with van der Waals surface area (Å²) in [5, 5.41) is 1.75. The number of carbonyl (C=O) groups is 1. The summed E-state index contributed by atoms with van der Waals surface area (Å²) in [6, 6.07) is 11.8. The number of hydrogen-bond donors (Lipinski definition) is 1. The Morgan fingerprint density at radius 2 is 2.13 bits per heavy atom. The van der Waals surface area contributed by atoms with Crippen LogP contribution in [0.2, 0.25) is 5.02 Å². The van der Waals surface area contributed by atoms with E-state index < -0.39 is 0 Å². The summed E-state index contributed by atoms with van der Waals surface area (Å²) in [5.41, 5.74) is 3.82. The maximum atomic E-state index is 13.7. The van der Waals surface area contributed by atoms with Crippen LogP contribution in [-0.2, 0) is 11.2 Å². The van der Waals surface area contributed by atoms with E-state index in [-0.39, 0.29) is 11.9 Å². The van der Waals surface area contributed by atoms with E-state index in [0.717, 1.165) is 40.6 Å². The van der Waals surface area contributed by atoms with Crippen LogP contribution >= 0.6 is 11.6 Å². The van der Waals surface area contributed by atoms with Crippen molar-refractivity contribution in [2.45, 2.75) is 12.5 Å². The third kappa shape index (κ3) is 2.30. The van der Waals surface area contributed by atoms with Gasteiger partial charge < -0.3 is 9.88 Å². The fourth-order valence-corrected chi connectivity index (χ4v) is 3.60. The highest BCUT2D eigenvalue weighted by Crippen LogP contribution is 2.38. The van der Waals surface area contributed by atoms with Crippen LogP contribution in [0.15, 0.2) is 42.5 Å². The average Bonchev–Trinajstić information content (AvgIpc) is 2.91. The van der Waals surface area contributed by atoms with Crippen molar-refractivity contribution in [1.82, 2.24) is 9.88 Å². The van der Waals surface area contributed by atoms with Gasteiger partial charge in [-0.05, 0) is 47.9 Å². The number of nitrogens with zero attached hydrogens (tertiary/aromatic N) is 1. The fraction of sp³-hybridized carbons (Fsp3) is 0.167. The predicted octanol–water partition coefficient (Wildman–Crippen LogP) is 4.06. The summed E-state index contributed by atoms with van der Waals surface area (Å²) in [6.07, 6.45) is 1.58. The van der Waals surface area contributed by atoms with Gasteiger partial charge in [-0.15, -0.1) is 0 Å². The molecule has 1 aromatic heterocycles. The van der Waals surface area contributed by atoms with Gasteiger partial charge in [-0.25, -0.2) is 4.39 Å². The molecule has 1 unspecified atom stereocenters. The van der Waals surface area contributed by atoms with E-state index >= 15 is 0 Å². The summed E-state index contributed by atoms with van der Waals surface area (Å²) in [7, 11) is 0. The van der Waals surface area contributed by atoms with Crippen LogP contribution in [0.4, 0.5) is 4.39 Å². The Balaban J connectivity index is 1.94. The Morgan fingerprint density at radius 3 is 2.91 bits per heavy atom. The largest absolute Gasteiger partial charge is 0.356 e. The highest BCUT2D eigenvalue weighted by Gasteiger charge is 2.31. The molecule has 1 amide bonds. The van der Waals surface area contributed by atoms with Gasteiger partial charge in [0.25, 0.3) is 0 Å². The number of benzene rings is 2. The molecular weight excluding hydrogens is 315 g/mol. The van der Waals surface area contributed by atoms with Gasteiger partial charge in [0.05, 0.1) is 6.04 Å². The van der Waals surface area contributed by atoms with Crippen LogP contribution in [0.3, 0.4) is 0 Å². The van der Waals surface area contributed by atoms with Crippen molar-refractivity contribution in [3.05, 3.63) is 70.1 Å². The molecule has 0 radical (unpaired) electrons. The summed E-state index contributed by atoms with van der Waals surface area (Å²) >= 11 is 6.12. The molecule has 0 aliphatic carbocycles. The molecule has 4 rings (SSSR count). The molecule has 1 aliphatic rings. The van der Waals surface area contributed by atoms with Crippen molar-refractivity contribution in [2.75, 3.05) is 6.54 Å². The van der Waals surface area contributed by atoms with Crippen LogP contribution in [-0.4, -0.2) is 22.8 Å². The van der Waals surface area contributed by atoms with E-state index in [1.54, 1.807) is 11.0 Å². The quantitative estimate of drug-likeness (QED) is 0.707. The van der Waals surface area contributed by atoms with Gasteiger partial charge in [-0.3, -0.25) is 4.79 Å². The van der Waals surface area contributed by atoms with Crippen LogP contribution < -0.4 is 0 Å². The lowest BCUT2D eigenvalue weighted by molar-refractivity contribution is -0.120. The van der Waals surface area contributed by atoms with Crippen LogP contribution in [0.25, 0.3) is 10.9 Å². The van der Waals surface area contributed by atoms with E-state index in [1.165, 1.54) is 12.1 Å². The zero-order valence-electron chi connectivity index (χ0n) is 12.2. The minimum Gasteiger partial charge on any atom is -0.356 e. The normalized spacial score (nSPS) is 17.3.